The van der Waals surface area contributed by atoms with Gasteiger partial charge in [-0.3, -0.25) is 9.59 Å². The van der Waals surface area contributed by atoms with Gasteiger partial charge in [0.25, 0.3) is 0 Å². The van der Waals surface area contributed by atoms with Crippen molar-refractivity contribution < 1.29 is 9.59 Å². The van der Waals surface area contributed by atoms with Gasteiger partial charge in [0.2, 0.25) is 11.8 Å². The van der Waals surface area contributed by atoms with Crippen LogP contribution in [0.2, 0.25) is 0 Å². The molecule has 6 heteroatoms. The normalized spacial score (nSPS) is 16.9. The molecule has 2 rings (SSSR count). The SMILES string of the molecule is CSCC[C@H](N)C(=O)NCC1(C(=O)Nc2ccc(C)c(C)c2)CCCC1. The third-order valence-corrected chi connectivity index (χ3v) is 6.02. The Balaban J connectivity index is 2.00. The first-order chi connectivity index (χ1) is 12.4. The van der Waals surface area contributed by atoms with Crippen molar-refractivity contribution in [3.8, 4) is 0 Å². The first-order valence-corrected chi connectivity index (χ1v) is 10.7. The number of amides is 2. The zero-order valence-corrected chi connectivity index (χ0v) is 16.9. The molecule has 1 saturated carbocycles. The van der Waals surface area contributed by atoms with E-state index >= 15 is 0 Å². The van der Waals surface area contributed by atoms with E-state index in [9.17, 15) is 9.59 Å². The molecule has 5 nitrogen and oxygen atoms in total. The molecule has 1 aromatic rings. The van der Waals surface area contributed by atoms with E-state index in [-0.39, 0.29) is 11.8 Å². The van der Waals surface area contributed by atoms with Gasteiger partial charge in [0.05, 0.1) is 11.5 Å². The highest BCUT2D eigenvalue weighted by Crippen LogP contribution is 2.38. The molecule has 1 aliphatic rings. The average Bonchev–Trinajstić information content (AvgIpc) is 3.11. The minimum Gasteiger partial charge on any atom is -0.354 e. The largest absolute Gasteiger partial charge is 0.354 e. The molecule has 0 saturated heterocycles. The average molecular weight is 378 g/mol. The van der Waals surface area contributed by atoms with E-state index in [2.05, 4.69) is 17.6 Å². The topological polar surface area (TPSA) is 84.2 Å². The van der Waals surface area contributed by atoms with Crippen molar-refractivity contribution in [1.29, 1.82) is 0 Å². The Morgan fingerprint density at radius 2 is 1.92 bits per heavy atom. The number of nitrogens with one attached hydrogen (secondary N) is 2. The smallest absolute Gasteiger partial charge is 0.236 e. The van der Waals surface area contributed by atoms with Gasteiger partial charge in [-0.2, -0.15) is 11.8 Å². The van der Waals surface area contributed by atoms with Crippen molar-refractivity contribution in [2.75, 3.05) is 23.9 Å². The second-order valence-corrected chi connectivity index (χ2v) is 8.33. The summed E-state index contributed by atoms with van der Waals surface area (Å²) in [4.78, 5) is 25.2. The standard InChI is InChI=1S/C20H31N3O2S/c1-14-6-7-16(12-15(14)2)23-19(25)20(9-4-5-10-20)13-22-18(24)17(21)8-11-26-3/h6-7,12,17H,4-5,8-11,13,21H2,1-3H3,(H,22,24)(H,23,25)/t17-/m0/s1. The summed E-state index contributed by atoms with van der Waals surface area (Å²) in [6.07, 6.45) is 6.25. The van der Waals surface area contributed by atoms with Crippen molar-refractivity contribution in [1.82, 2.24) is 5.32 Å². The van der Waals surface area contributed by atoms with Crippen molar-refractivity contribution >= 4 is 29.3 Å². The van der Waals surface area contributed by atoms with Crippen LogP contribution in [0, 0.1) is 19.3 Å². The zero-order valence-electron chi connectivity index (χ0n) is 16.1. The summed E-state index contributed by atoms with van der Waals surface area (Å²) in [5.74, 6) is 0.688. The number of hydrogen-bond acceptors (Lipinski definition) is 4. The van der Waals surface area contributed by atoms with Crippen LogP contribution >= 0.6 is 11.8 Å². The van der Waals surface area contributed by atoms with Crippen LogP contribution in [0.1, 0.15) is 43.2 Å². The van der Waals surface area contributed by atoms with Crippen LogP contribution in [-0.2, 0) is 9.59 Å². The van der Waals surface area contributed by atoms with Crippen molar-refractivity contribution in [3.63, 3.8) is 0 Å². The van der Waals surface area contributed by atoms with E-state index in [1.807, 2.05) is 31.4 Å². The van der Waals surface area contributed by atoms with Crippen LogP contribution in [0.25, 0.3) is 0 Å². The van der Waals surface area contributed by atoms with Gasteiger partial charge in [0.1, 0.15) is 0 Å². The van der Waals surface area contributed by atoms with Gasteiger partial charge in [-0.15, -0.1) is 0 Å². The second kappa shape index (κ2) is 9.42. The molecular weight excluding hydrogens is 346 g/mol. The van der Waals surface area contributed by atoms with Crippen molar-refractivity contribution in [2.45, 2.75) is 52.0 Å². The number of aryl methyl sites for hydroxylation is 2. The number of nitrogens with two attached hydrogens (primary N) is 1. The van der Waals surface area contributed by atoms with E-state index in [0.717, 1.165) is 42.7 Å². The van der Waals surface area contributed by atoms with Gasteiger partial charge < -0.3 is 16.4 Å². The molecule has 0 radical (unpaired) electrons. The molecular formula is C20H31N3O2S. The fraction of sp³-hybridized carbons (Fsp3) is 0.600. The molecule has 144 valence electrons. The van der Waals surface area contributed by atoms with Crippen LogP contribution < -0.4 is 16.4 Å². The Kier molecular flexibility index (Phi) is 7.53. The third-order valence-electron chi connectivity index (χ3n) is 5.38. The zero-order chi connectivity index (χ0) is 19.2. The lowest BCUT2D eigenvalue weighted by molar-refractivity contribution is -0.127. The number of hydrogen-bond donors (Lipinski definition) is 3. The van der Waals surface area contributed by atoms with Gasteiger partial charge in [-0.05, 0) is 68.4 Å². The van der Waals surface area contributed by atoms with E-state index in [4.69, 9.17) is 5.73 Å². The molecule has 26 heavy (non-hydrogen) atoms. The van der Waals surface area contributed by atoms with Gasteiger partial charge in [0, 0.05) is 12.2 Å². The van der Waals surface area contributed by atoms with Crippen LogP contribution in [0.4, 0.5) is 5.69 Å². The van der Waals surface area contributed by atoms with Gasteiger partial charge in [-0.25, -0.2) is 0 Å². The lowest BCUT2D eigenvalue weighted by atomic mass is 9.84. The van der Waals surface area contributed by atoms with Crippen LogP contribution in [0.15, 0.2) is 18.2 Å². The molecule has 0 bridgehead atoms. The number of carbonyl (C=O) groups excluding carboxylic acids is 2. The maximum Gasteiger partial charge on any atom is 0.236 e. The Labute approximate surface area is 160 Å². The molecule has 1 atom stereocenters. The minimum absolute atomic E-state index is 0.00348. The maximum atomic E-state index is 13.0. The first-order valence-electron chi connectivity index (χ1n) is 9.29. The highest BCUT2D eigenvalue weighted by Gasteiger charge is 2.41. The Bertz CT molecular complexity index is 642. The van der Waals surface area contributed by atoms with E-state index in [1.165, 1.54) is 5.56 Å². The molecule has 1 aromatic carbocycles. The number of thioether (sulfide) groups is 1. The van der Waals surface area contributed by atoms with Gasteiger partial charge >= 0.3 is 0 Å². The minimum atomic E-state index is -0.534. The molecule has 2 amide bonds. The molecule has 1 aliphatic carbocycles. The van der Waals surface area contributed by atoms with Crippen LogP contribution in [-0.4, -0.2) is 36.4 Å². The Hall–Kier alpha value is -1.53. The summed E-state index contributed by atoms with van der Waals surface area (Å²) in [5, 5.41) is 5.98. The molecule has 0 unspecified atom stereocenters. The van der Waals surface area contributed by atoms with Crippen LogP contribution in [0.5, 0.6) is 0 Å². The summed E-state index contributed by atoms with van der Waals surface area (Å²) < 4.78 is 0. The van der Waals surface area contributed by atoms with E-state index in [0.29, 0.717) is 13.0 Å². The van der Waals surface area contributed by atoms with Crippen LogP contribution in [0.3, 0.4) is 0 Å². The quantitative estimate of drug-likeness (QED) is 0.650. The fourth-order valence-corrected chi connectivity index (χ4v) is 3.87. The highest BCUT2D eigenvalue weighted by molar-refractivity contribution is 7.98. The third kappa shape index (κ3) is 5.24. The van der Waals surface area contributed by atoms with E-state index in [1.54, 1.807) is 11.8 Å². The molecule has 0 aliphatic heterocycles. The summed E-state index contributed by atoms with van der Waals surface area (Å²) in [7, 11) is 0. The molecule has 1 fully saturated rings. The Morgan fingerprint density at radius 3 is 2.54 bits per heavy atom. The number of carbonyl (C=O) groups is 2. The predicted molar refractivity (Wildman–Crippen MR) is 109 cm³/mol. The van der Waals surface area contributed by atoms with Crippen molar-refractivity contribution in [2.24, 2.45) is 11.1 Å². The van der Waals surface area contributed by atoms with Gasteiger partial charge in [0.15, 0.2) is 0 Å². The lowest BCUT2D eigenvalue weighted by Gasteiger charge is -2.28. The van der Waals surface area contributed by atoms with E-state index < -0.39 is 11.5 Å². The maximum absolute atomic E-state index is 13.0. The molecule has 0 heterocycles. The van der Waals surface area contributed by atoms with Crippen molar-refractivity contribution in [3.05, 3.63) is 29.3 Å². The highest BCUT2D eigenvalue weighted by atomic mass is 32.2. The summed E-state index contributed by atoms with van der Waals surface area (Å²) in [6, 6.07) is 5.43. The summed E-state index contributed by atoms with van der Waals surface area (Å²) in [5.41, 5.74) is 8.56. The second-order valence-electron chi connectivity index (χ2n) is 7.35. The number of rotatable bonds is 8. The first kappa shape index (κ1) is 20.8. The number of anilines is 1. The Morgan fingerprint density at radius 1 is 1.23 bits per heavy atom. The summed E-state index contributed by atoms with van der Waals surface area (Å²) >= 11 is 1.67. The molecule has 0 aromatic heterocycles. The molecule has 0 spiro atoms. The number of benzene rings is 1. The van der Waals surface area contributed by atoms with Gasteiger partial charge in [-0.1, -0.05) is 18.9 Å². The lowest BCUT2D eigenvalue weighted by Crippen LogP contribution is -2.48. The monoisotopic (exact) mass is 377 g/mol. The molecule has 4 N–H and O–H groups in total. The fourth-order valence-electron chi connectivity index (χ4n) is 3.38. The predicted octanol–water partition coefficient (Wildman–Crippen LogP) is 3.00. The summed E-state index contributed by atoms with van der Waals surface area (Å²) in [6.45, 7) is 4.44.